The fourth-order valence-electron chi connectivity index (χ4n) is 2.70. The Morgan fingerprint density at radius 1 is 1.40 bits per heavy atom. The smallest absolute Gasteiger partial charge is 0.119 e. The zero-order valence-corrected chi connectivity index (χ0v) is 13.0. The van der Waals surface area contributed by atoms with Crippen LogP contribution in [0.4, 0.5) is 0 Å². The first-order valence-electron chi connectivity index (χ1n) is 7.44. The Hall–Kier alpha value is -1.13. The van der Waals surface area contributed by atoms with Gasteiger partial charge < -0.3 is 10.5 Å². The fraction of sp³-hybridized carbons (Fsp3) is 0.562. The number of piperidine rings is 1. The summed E-state index contributed by atoms with van der Waals surface area (Å²) in [6.07, 6.45) is 3.99. The summed E-state index contributed by atoms with van der Waals surface area (Å²) in [6.45, 7) is 6.46. The highest BCUT2D eigenvalue weighted by molar-refractivity contribution is 7.80. The number of nitrogens with zero attached hydrogens (tertiary/aromatic N) is 1. The molecule has 1 aromatic carbocycles. The highest BCUT2D eigenvalue weighted by Crippen LogP contribution is 2.19. The summed E-state index contributed by atoms with van der Waals surface area (Å²) in [7, 11) is 0. The summed E-state index contributed by atoms with van der Waals surface area (Å²) in [5, 5.41) is 0. The van der Waals surface area contributed by atoms with Gasteiger partial charge in [0.25, 0.3) is 0 Å². The van der Waals surface area contributed by atoms with E-state index in [0.717, 1.165) is 30.4 Å². The van der Waals surface area contributed by atoms with E-state index in [2.05, 4.69) is 11.8 Å². The number of likely N-dealkylation sites (tertiary alicyclic amines) is 1. The van der Waals surface area contributed by atoms with Gasteiger partial charge >= 0.3 is 0 Å². The van der Waals surface area contributed by atoms with Gasteiger partial charge in [-0.15, -0.1) is 0 Å². The zero-order chi connectivity index (χ0) is 14.4. The molecule has 0 amide bonds. The van der Waals surface area contributed by atoms with E-state index in [1.807, 2.05) is 24.3 Å². The molecule has 0 spiro atoms. The molecule has 1 unspecified atom stereocenters. The summed E-state index contributed by atoms with van der Waals surface area (Å²) in [5.74, 6) is 1.75. The van der Waals surface area contributed by atoms with Gasteiger partial charge in [-0.2, -0.15) is 0 Å². The Labute approximate surface area is 127 Å². The average molecular weight is 292 g/mol. The van der Waals surface area contributed by atoms with Crippen LogP contribution in [-0.4, -0.2) is 36.1 Å². The number of thiocarbonyl (C=S) groups is 1. The van der Waals surface area contributed by atoms with E-state index in [9.17, 15) is 0 Å². The first kappa shape index (κ1) is 15.3. The van der Waals surface area contributed by atoms with Crippen molar-refractivity contribution < 1.29 is 4.74 Å². The van der Waals surface area contributed by atoms with Gasteiger partial charge in [0, 0.05) is 18.7 Å². The lowest BCUT2D eigenvalue weighted by Gasteiger charge is -2.32. The maximum absolute atomic E-state index is 5.79. The lowest BCUT2D eigenvalue weighted by Crippen LogP contribution is -2.37. The van der Waals surface area contributed by atoms with Crippen LogP contribution >= 0.6 is 12.2 Å². The second-order valence-electron chi connectivity index (χ2n) is 5.45. The van der Waals surface area contributed by atoms with Crippen LogP contribution < -0.4 is 10.5 Å². The van der Waals surface area contributed by atoms with E-state index < -0.39 is 0 Å². The van der Waals surface area contributed by atoms with Crippen molar-refractivity contribution in [3.05, 3.63) is 29.8 Å². The molecular formula is C16H24N2OS. The third-order valence-corrected chi connectivity index (χ3v) is 4.23. The largest absolute Gasteiger partial charge is 0.492 e. The summed E-state index contributed by atoms with van der Waals surface area (Å²) < 4.78 is 5.79. The topological polar surface area (TPSA) is 38.5 Å². The minimum Gasteiger partial charge on any atom is -0.492 e. The molecule has 2 rings (SSSR count). The number of rotatable bonds is 6. The van der Waals surface area contributed by atoms with Crippen LogP contribution in [0.3, 0.4) is 0 Å². The van der Waals surface area contributed by atoms with E-state index in [1.165, 1.54) is 32.4 Å². The normalized spacial score (nSPS) is 19.8. The SMILES string of the molecule is CCC1CCCN(CCOc2ccc(C(N)=S)cc2)C1. The molecule has 0 bridgehead atoms. The molecule has 1 heterocycles. The van der Waals surface area contributed by atoms with Crippen molar-refractivity contribution in [1.82, 2.24) is 4.90 Å². The van der Waals surface area contributed by atoms with E-state index in [-0.39, 0.29) is 0 Å². The highest BCUT2D eigenvalue weighted by Gasteiger charge is 2.17. The predicted octanol–water partition coefficient (Wildman–Crippen LogP) is 2.82. The molecule has 0 aromatic heterocycles. The lowest BCUT2D eigenvalue weighted by molar-refractivity contribution is 0.145. The van der Waals surface area contributed by atoms with Gasteiger partial charge in [0.15, 0.2) is 0 Å². The standard InChI is InChI=1S/C16H24N2OS/c1-2-13-4-3-9-18(12-13)10-11-19-15-7-5-14(6-8-15)16(17)20/h5-8,13H,2-4,9-12H2,1H3,(H2,17,20). The van der Waals surface area contributed by atoms with E-state index in [4.69, 9.17) is 22.7 Å². The van der Waals surface area contributed by atoms with Crippen LogP contribution in [-0.2, 0) is 0 Å². The first-order chi connectivity index (χ1) is 9.69. The minimum absolute atomic E-state index is 0.426. The van der Waals surface area contributed by atoms with Crippen molar-refractivity contribution in [2.45, 2.75) is 26.2 Å². The second kappa shape index (κ2) is 7.60. The van der Waals surface area contributed by atoms with Crippen LogP contribution in [0, 0.1) is 5.92 Å². The van der Waals surface area contributed by atoms with Crippen molar-refractivity contribution in [2.24, 2.45) is 11.7 Å². The molecule has 110 valence electrons. The number of benzene rings is 1. The lowest BCUT2D eigenvalue weighted by atomic mass is 9.96. The van der Waals surface area contributed by atoms with Gasteiger partial charge in [-0.3, -0.25) is 4.90 Å². The first-order valence-corrected chi connectivity index (χ1v) is 7.85. The van der Waals surface area contributed by atoms with Gasteiger partial charge in [-0.05, 0) is 49.6 Å². The third-order valence-electron chi connectivity index (χ3n) is 4.00. The molecule has 0 aliphatic carbocycles. The molecule has 20 heavy (non-hydrogen) atoms. The molecule has 1 saturated heterocycles. The second-order valence-corrected chi connectivity index (χ2v) is 5.89. The van der Waals surface area contributed by atoms with Crippen LogP contribution in [0.1, 0.15) is 31.7 Å². The Kier molecular flexibility index (Phi) is 5.80. The van der Waals surface area contributed by atoms with E-state index in [0.29, 0.717) is 4.99 Å². The fourth-order valence-corrected chi connectivity index (χ4v) is 2.83. The summed E-state index contributed by atoms with van der Waals surface area (Å²) >= 11 is 4.93. The Balaban J connectivity index is 1.74. The van der Waals surface area contributed by atoms with Crippen LogP contribution in [0.2, 0.25) is 0 Å². The number of hydrogen-bond donors (Lipinski definition) is 1. The molecule has 2 N–H and O–H groups in total. The Morgan fingerprint density at radius 3 is 2.80 bits per heavy atom. The van der Waals surface area contributed by atoms with Crippen LogP contribution in [0.15, 0.2) is 24.3 Å². The van der Waals surface area contributed by atoms with Crippen molar-refractivity contribution in [3.8, 4) is 5.75 Å². The molecule has 3 nitrogen and oxygen atoms in total. The molecule has 4 heteroatoms. The van der Waals surface area contributed by atoms with Gasteiger partial charge in [0.2, 0.25) is 0 Å². The maximum Gasteiger partial charge on any atom is 0.119 e. The molecule has 1 atom stereocenters. The van der Waals surface area contributed by atoms with Gasteiger partial charge in [-0.25, -0.2) is 0 Å². The summed E-state index contributed by atoms with van der Waals surface area (Å²) in [5.41, 5.74) is 6.46. The monoisotopic (exact) mass is 292 g/mol. The van der Waals surface area contributed by atoms with Gasteiger partial charge in [0.1, 0.15) is 17.3 Å². The Morgan fingerprint density at radius 2 is 2.15 bits per heavy atom. The molecular weight excluding hydrogens is 268 g/mol. The van der Waals surface area contributed by atoms with E-state index >= 15 is 0 Å². The minimum atomic E-state index is 0.426. The Bertz CT molecular complexity index is 433. The summed E-state index contributed by atoms with van der Waals surface area (Å²) in [4.78, 5) is 2.94. The van der Waals surface area contributed by atoms with Gasteiger partial charge in [0.05, 0.1) is 0 Å². The highest BCUT2D eigenvalue weighted by atomic mass is 32.1. The molecule has 1 aliphatic rings. The summed E-state index contributed by atoms with van der Waals surface area (Å²) in [6, 6.07) is 7.68. The van der Waals surface area contributed by atoms with Crippen molar-refractivity contribution >= 4 is 17.2 Å². The number of hydrogen-bond acceptors (Lipinski definition) is 3. The molecule has 0 radical (unpaired) electrons. The van der Waals surface area contributed by atoms with Gasteiger partial charge in [-0.1, -0.05) is 25.6 Å². The van der Waals surface area contributed by atoms with Crippen molar-refractivity contribution in [1.29, 1.82) is 0 Å². The van der Waals surface area contributed by atoms with Crippen molar-refractivity contribution in [2.75, 3.05) is 26.2 Å². The van der Waals surface area contributed by atoms with E-state index in [1.54, 1.807) is 0 Å². The molecule has 1 aromatic rings. The van der Waals surface area contributed by atoms with Crippen molar-refractivity contribution in [3.63, 3.8) is 0 Å². The quantitative estimate of drug-likeness (QED) is 0.818. The molecule has 0 saturated carbocycles. The third kappa shape index (κ3) is 4.46. The molecule has 1 fully saturated rings. The number of ether oxygens (including phenoxy) is 1. The number of nitrogens with two attached hydrogens (primary N) is 1. The zero-order valence-electron chi connectivity index (χ0n) is 12.2. The maximum atomic E-state index is 5.79. The molecule has 1 aliphatic heterocycles. The average Bonchev–Trinajstić information content (AvgIpc) is 2.48. The van der Waals surface area contributed by atoms with Crippen LogP contribution in [0.25, 0.3) is 0 Å². The van der Waals surface area contributed by atoms with Crippen LogP contribution in [0.5, 0.6) is 5.75 Å². The predicted molar refractivity (Wildman–Crippen MR) is 87.3 cm³/mol.